The Hall–Kier alpha value is -1.39. The van der Waals surface area contributed by atoms with Gasteiger partial charge in [-0.05, 0) is 36.6 Å². The molecule has 0 unspecified atom stereocenters. The van der Waals surface area contributed by atoms with Gasteiger partial charge in [0.15, 0.2) is 0 Å². The van der Waals surface area contributed by atoms with Crippen molar-refractivity contribution in [3.05, 3.63) is 30.1 Å². The maximum absolute atomic E-state index is 5.66. The van der Waals surface area contributed by atoms with Crippen LogP contribution in [0.3, 0.4) is 0 Å². The van der Waals surface area contributed by atoms with Gasteiger partial charge >= 0.3 is 0 Å². The molecule has 2 rings (SSSR count). The molecule has 4 heteroatoms. The Balaban J connectivity index is 2.09. The predicted octanol–water partition coefficient (Wildman–Crippen LogP) is 2.21. The third-order valence-corrected chi connectivity index (χ3v) is 3.06. The lowest BCUT2D eigenvalue weighted by Crippen LogP contribution is -2.09. The van der Waals surface area contributed by atoms with E-state index in [0.717, 1.165) is 31.8 Å². The van der Waals surface area contributed by atoms with Crippen LogP contribution in [0.5, 0.6) is 0 Å². The quantitative estimate of drug-likeness (QED) is 0.777. The minimum atomic E-state index is 0.576. The fraction of sp³-hybridized carbons (Fsp3) is 0.533. The minimum absolute atomic E-state index is 0.576. The van der Waals surface area contributed by atoms with Crippen molar-refractivity contribution in [3.63, 3.8) is 0 Å². The molecule has 0 atom stereocenters. The summed E-state index contributed by atoms with van der Waals surface area (Å²) in [6, 6.07) is 4.08. The van der Waals surface area contributed by atoms with Gasteiger partial charge in [-0.1, -0.05) is 13.8 Å². The number of hydrogen-bond donors (Lipinski definition) is 1. The summed E-state index contributed by atoms with van der Waals surface area (Å²) in [5, 5.41) is 1.21. The van der Waals surface area contributed by atoms with E-state index in [1.165, 1.54) is 10.9 Å². The van der Waals surface area contributed by atoms with Gasteiger partial charge < -0.3 is 15.0 Å². The van der Waals surface area contributed by atoms with Crippen molar-refractivity contribution in [1.29, 1.82) is 0 Å². The number of ether oxygens (including phenoxy) is 1. The van der Waals surface area contributed by atoms with Crippen LogP contribution in [0.4, 0.5) is 0 Å². The standard InChI is InChI=1S/C15H23N3O/c1-12(2)11-19-9-8-18-10-13(5-6-16)14-4-3-7-17-15(14)18/h3-4,7,10,12H,5-6,8-9,11,16H2,1-2H3. The monoisotopic (exact) mass is 261 g/mol. The van der Waals surface area contributed by atoms with Crippen LogP contribution in [0.2, 0.25) is 0 Å². The first-order valence-electron chi connectivity index (χ1n) is 6.93. The van der Waals surface area contributed by atoms with Gasteiger partial charge in [-0.25, -0.2) is 4.98 Å². The number of hydrogen-bond acceptors (Lipinski definition) is 3. The van der Waals surface area contributed by atoms with Crippen LogP contribution in [0, 0.1) is 5.92 Å². The molecule has 0 saturated carbocycles. The minimum Gasteiger partial charge on any atom is -0.379 e. The molecule has 0 aliphatic heterocycles. The third kappa shape index (κ3) is 3.55. The van der Waals surface area contributed by atoms with E-state index >= 15 is 0 Å². The molecule has 2 heterocycles. The molecule has 2 aromatic rings. The zero-order valence-corrected chi connectivity index (χ0v) is 11.8. The molecule has 2 aromatic heterocycles. The Morgan fingerprint density at radius 2 is 2.26 bits per heavy atom. The van der Waals surface area contributed by atoms with E-state index in [-0.39, 0.29) is 0 Å². The van der Waals surface area contributed by atoms with Gasteiger partial charge in [0.2, 0.25) is 0 Å². The molecule has 4 nitrogen and oxygen atoms in total. The van der Waals surface area contributed by atoms with E-state index in [0.29, 0.717) is 12.5 Å². The molecule has 0 fully saturated rings. The molecular weight excluding hydrogens is 238 g/mol. The van der Waals surface area contributed by atoms with Crippen LogP contribution in [0.15, 0.2) is 24.5 Å². The lowest BCUT2D eigenvalue weighted by Gasteiger charge is -2.08. The van der Waals surface area contributed by atoms with Crippen LogP contribution < -0.4 is 5.73 Å². The Labute approximate surface area is 114 Å². The second-order valence-corrected chi connectivity index (χ2v) is 5.23. The first kappa shape index (κ1) is 14.0. The van der Waals surface area contributed by atoms with Crippen LogP contribution in [0.25, 0.3) is 11.0 Å². The Morgan fingerprint density at radius 3 is 3.00 bits per heavy atom. The molecule has 0 spiro atoms. The van der Waals surface area contributed by atoms with Gasteiger partial charge in [-0.2, -0.15) is 0 Å². The highest BCUT2D eigenvalue weighted by atomic mass is 16.5. The van der Waals surface area contributed by atoms with Gasteiger partial charge in [0.1, 0.15) is 5.65 Å². The van der Waals surface area contributed by atoms with Crippen LogP contribution in [-0.2, 0) is 17.7 Å². The molecule has 0 aromatic carbocycles. The summed E-state index contributed by atoms with van der Waals surface area (Å²) in [4.78, 5) is 4.46. The fourth-order valence-electron chi connectivity index (χ4n) is 2.20. The first-order valence-corrected chi connectivity index (χ1v) is 6.93. The van der Waals surface area contributed by atoms with Crippen molar-refractivity contribution < 1.29 is 4.74 Å². The SMILES string of the molecule is CC(C)COCCn1cc(CCN)c2cccnc21. The summed E-state index contributed by atoms with van der Waals surface area (Å²) >= 11 is 0. The summed E-state index contributed by atoms with van der Waals surface area (Å²) in [6.07, 6.45) is 4.88. The van der Waals surface area contributed by atoms with Gasteiger partial charge in [-0.3, -0.25) is 0 Å². The zero-order valence-electron chi connectivity index (χ0n) is 11.8. The Kier molecular flexibility index (Phi) is 4.93. The highest BCUT2D eigenvalue weighted by molar-refractivity contribution is 5.80. The van der Waals surface area contributed by atoms with Gasteiger partial charge in [0.25, 0.3) is 0 Å². The van der Waals surface area contributed by atoms with Crippen molar-refractivity contribution in [3.8, 4) is 0 Å². The van der Waals surface area contributed by atoms with Crippen molar-refractivity contribution in [2.24, 2.45) is 11.7 Å². The van der Waals surface area contributed by atoms with Crippen LogP contribution >= 0.6 is 0 Å². The number of pyridine rings is 1. The second kappa shape index (κ2) is 6.68. The van der Waals surface area contributed by atoms with Crippen molar-refractivity contribution in [1.82, 2.24) is 9.55 Å². The van der Waals surface area contributed by atoms with E-state index in [1.807, 2.05) is 12.3 Å². The Morgan fingerprint density at radius 1 is 1.42 bits per heavy atom. The molecule has 19 heavy (non-hydrogen) atoms. The van der Waals surface area contributed by atoms with Gasteiger partial charge in [0.05, 0.1) is 6.61 Å². The topological polar surface area (TPSA) is 53.1 Å². The van der Waals surface area contributed by atoms with E-state index in [2.05, 4.69) is 35.7 Å². The smallest absolute Gasteiger partial charge is 0.140 e. The largest absolute Gasteiger partial charge is 0.379 e. The predicted molar refractivity (Wildman–Crippen MR) is 78.1 cm³/mol. The summed E-state index contributed by atoms with van der Waals surface area (Å²) in [6.45, 7) is 7.35. The lowest BCUT2D eigenvalue weighted by molar-refractivity contribution is 0.104. The third-order valence-electron chi connectivity index (χ3n) is 3.06. The molecule has 2 N–H and O–H groups in total. The van der Waals surface area contributed by atoms with Crippen molar-refractivity contribution in [2.75, 3.05) is 19.8 Å². The van der Waals surface area contributed by atoms with Crippen LogP contribution in [-0.4, -0.2) is 29.3 Å². The molecule has 0 amide bonds. The van der Waals surface area contributed by atoms with Crippen molar-refractivity contribution in [2.45, 2.75) is 26.8 Å². The number of fused-ring (bicyclic) bond motifs is 1. The molecule has 0 bridgehead atoms. The normalized spacial score (nSPS) is 11.6. The summed E-state index contributed by atoms with van der Waals surface area (Å²) in [5.41, 5.74) is 7.96. The molecule has 0 aliphatic carbocycles. The van der Waals surface area contributed by atoms with E-state index in [4.69, 9.17) is 10.5 Å². The number of rotatable bonds is 7. The van der Waals surface area contributed by atoms with E-state index in [1.54, 1.807) is 0 Å². The number of nitrogens with two attached hydrogens (primary N) is 1. The molecular formula is C15H23N3O. The average molecular weight is 261 g/mol. The highest BCUT2D eigenvalue weighted by Crippen LogP contribution is 2.19. The maximum Gasteiger partial charge on any atom is 0.140 e. The fourth-order valence-corrected chi connectivity index (χ4v) is 2.20. The average Bonchev–Trinajstić information content (AvgIpc) is 2.74. The maximum atomic E-state index is 5.66. The molecule has 0 aliphatic rings. The molecule has 104 valence electrons. The molecule has 0 radical (unpaired) electrons. The van der Waals surface area contributed by atoms with Gasteiger partial charge in [-0.15, -0.1) is 0 Å². The van der Waals surface area contributed by atoms with E-state index < -0.39 is 0 Å². The molecule has 0 saturated heterocycles. The lowest BCUT2D eigenvalue weighted by atomic mass is 10.2. The Bertz CT molecular complexity index is 519. The highest BCUT2D eigenvalue weighted by Gasteiger charge is 2.08. The second-order valence-electron chi connectivity index (χ2n) is 5.23. The van der Waals surface area contributed by atoms with Crippen molar-refractivity contribution >= 4 is 11.0 Å². The summed E-state index contributed by atoms with van der Waals surface area (Å²) < 4.78 is 7.81. The van der Waals surface area contributed by atoms with Gasteiger partial charge in [0, 0.05) is 30.9 Å². The zero-order chi connectivity index (χ0) is 13.7. The van der Waals surface area contributed by atoms with E-state index in [9.17, 15) is 0 Å². The summed E-state index contributed by atoms with van der Waals surface area (Å²) in [7, 11) is 0. The number of aromatic nitrogens is 2. The summed E-state index contributed by atoms with van der Waals surface area (Å²) in [5.74, 6) is 0.576. The number of nitrogens with zero attached hydrogens (tertiary/aromatic N) is 2. The first-order chi connectivity index (χ1) is 9.22. The van der Waals surface area contributed by atoms with Crippen LogP contribution in [0.1, 0.15) is 19.4 Å².